The highest BCUT2D eigenvalue weighted by atomic mass is 16.3. The van der Waals surface area contributed by atoms with Crippen LogP contribution in [0, 0.1) is 0 Å². The van der Waals surface area contributed by atoms with Gasteiger partial charge in [0.25, 0.3) is 5.56 Å². The fourth-order valence-corrected chi connectivity index (χ4v) is 2.08. The van der Waals surface area contributed by atoms with Crippen LogP contribution in [-0.2, 0) is 0 Å². The molecule has 0 amide bonds. The maximum Gasteiger partial charge on any atom is 0.255 e. The predicted molar refractivity (Wildman–Crippen MR) is 71.2 cm³/mol. The normalized spacial score (nSPS) is 10.7. The maximum atomic E-state index is 12.0. The summed E-state index contributed by atoms with van der Waals surface area (Å²) in [5.74, 6) is 0.195. The van der Waals surface area contributed by atoms with Crippen LogP contribution < -0.4 is 5.56 Å². The number of aromatic nitrogens is 1. The molecule has 0 atom stereocenters. The SMILES string of the molecule is O=c1ccc2cc(O)ccc2n1-c1ccccc1. The minimum absolute atomic E-state index is 0.0839. The van der Waals surface area contributed by atoms with Gasteiger partial charge in [0.05, 0.1) is 5.52 Å². The van der Waals surface area contributed by atoms with E-state index in [2.05, 4.69) is 0 Å². The van der Waals surface area contributed by atoms with Crippen molar-refractivity contribution in [2.45, 2.75) is 0 Å². The number of hydrogen-bond donors (Lipinski definition) is 1. The van der Waals surface area contributed by atoms with Crippen molar-refractivity contribution in [2.75, 3.05) is 0 Å². The lowest BCUT2D eigenvalue weighted by Crippen LogP contribution is -2.17. The molecule has 1 N–H and O–H groups in total. The van der Waals surface area contributed by atoms with Crippen molar-refractivity contribution in [2.24, 2.45) is 0 Å². The van der Waals surface area contributed by atoms with Gasteiger partial charge in [-0.2, -0.15) is 0 Å². The van der Waals surface area contributed by atoms with E-state index in [4.69, 9.17) is 0 Å². The zero-order chi connectivity index (χ0) is 12.5. The van der Waals surface area contributed by atoms with Crippen LogP contribution in [0.15, 0.2) is 65.5 Å². The Bertz CT molecular complexity index is 760. The quantitative estimate of drug-likeness (QED) is 0.707. The van der Waals surface area contributed by atoms with E-state index in [1.165, 1.54) is 6.07 Å². The third-order valence-electron chi connectivity index (χ3n) is 2.89. The number of fused-ring (bicyclic) bond motifs is 1. The predicted octanol–water partition coefficient (Wildman–Crippen LogP) is 2.70. The van der Waals surface area contributed by atoms with Gasteiger partial charge in [0, 0.05) is 17.1 Å². The molecule has 0 saturated carbocycles. The standard InChI is InChI=1S/C15H11NO2/c17-13-7-8-14-11(10-13)6-9-15(18)16(14)12-4-2-1-3-5-12/h1-10,17H. The molecule has 0 bridgehead atoms. The molecule has 88 valence electrons. The second-order valence-electron chi connectivity index (χ2n) is 4.09. The summed E-state index contributed by atoms with van der Waals surface area (Å²) in [6.45, 7) is 0. The second-order valence-corrected chi connectivity index (χ2v) is 4.09. The molecule has 0 spiro atoms. The number of aromatic hydroxyl groups is 1. The Kier molecular flexibility index (Phi) is 2.38. The smallest absolute Gasteiger partial charge is 0.255 e. The summed E-state index contributed by atoms with van der Waals surface area (Å²) in [6.07, 6.45) is 0. The first-order valence-corrected chi connectivity index (χ1v) is 5.66. The number of rotatable bonds is 1. The monoisotopic (exact) mass is 237 g/mol. The van der Waals surface area contributed by atoms with Gasteiger partial charge in [-0.25, -0.2) is 0 Å². The second kappa shape index (κ2) is 4.04. The Balaban J connectivity index is 2.41. The molecule has 1 aromatic heterocycles. The van der Waals surface area contributed by atoms with Crippen LogP contribution in [0.25, 0.3) is 16.6 Å². The molecule has 0 aliphatic rings. The molecule has 18 heavy (non-hydrogen) atoms. The Morgan fingerprint density at radius 1 is 0.889 bits per heavy atom. The first-order chi connectivity index (χ1) is 8.75. The molecule has 0 fully saturated rings. The minimum Gasteiger partial charge on any atom is -0.508 e. The van der Waals surface area contributed by atoms with Crippen molar-refractivity contribution in [1.29, 1.82) is 0 Å². The number of phenolic OH excluding ortho intramolecular Hbond substituents is 1. The molecule has 0 aliphatic carbocycles. The first kappa shape index (κ1) is 10.6. The lowest BCUT2D eigenvalue weighted by Gasteiger charge is -2.10. The highest BCUT2D eigenvalue weighted by Crippen LogP contribution is 2.20. The fourth-order valence-electron chi connectivity index (χ4n) is 2.08. The van der Waals surface area contributed by atoms with E-state index in [-0.39, 0.29) is 11.3 Å². The third-order valence-corrected chi connectivity index (χ3v) is 2.89. The van der Waals surface area contributed by atoms with E-state index in [0.29, 0.717) is 0 Å². The molecular formula is C15H11NO2. The summed E-state index contributed by atoms with van der Waals surface area (Å²) < 4.78 is 1.63. The molecule has 3 rings (SSSR count). The van der Waals surface area contributed by atoms with Crippen molar-refractivity contribution in [1.82, 2.24) is 4.57 Å². The van der Waals surface area contributed by atoms with E-state index in [1.54, 1.807) is 28.8 Å². The Morgan fingerprint density at radius 3 is 2.44 bits per heavy atom. The van der Waals surface area contributed by atoms with Gasteiger partial charge in [-0.1, -0.05) is 18.2 Å². The van der Waals surface area contributed by atoms with E-state index in [0.717, 1.165) is 16.6 Å². The molecular weight excluding hydrogens is 226 g/mol. The summed E-state index contributed by atoms with van der Waals surface area (Å²) in [6, 6.07) is 17.7. The van der Waals surface area contributed by atoms with Crippen molar-refractivity contribution in [3.05, 3.63) is 71.0 Å². The van der Waals surface area contributed by atoms with Crippen molar-refractivity contribution in [3.63, 3.8) is 0 Å². The molecule has 0 aliphatic heterocycles. The fraction of sp³-hybridized carbons (Fsp3) is 0. The number of para-hydroxylation sites is 1. The molecule has 2 aromatic carbocycles. The summed E-state index contributed by atoms with van der Waals surface area (Å²) in [5.41, 5.74) is 1.52. The Labute approximate surface area is 104 Å². The first-order valence-electron chi connectivity index (χ1n) is 5.66. The van der Waals surface area contributed by atoms with E-state index < -0.39 is 0 Å². The van der Waals surface area contributed by atoms with E-state index in [1.807, 2.05) is 30.3 Å². The van der Waals surface area contributed by atoms with Gasteiger partial charge in [0.15, 0.2) is 0 Å². The minimum atomic E-state index is -0.0839. The average Bonchev–Trinajstić information content (AvgIpc) is 2.40. The average molecular weight is 237 g/mol. The summed E-state index contributed by atoms with van der Waals surface area (Å²) in [7, 11) is 0. The molecule has 1 heterocycles. The molecule has 3 heteroatoms. The number of pyridine rings is 1. The molecule has 0 unspecified atom stereocenters. The lowest BCUT2D eigenvalue weighted by molar-refractivity contribution is 0.476. The van der Waals surface area contributed by atoms with Crippen molar-refractivity contribution >= 4 is 10.9 Å². The Morgan fingerprint density at radius 2 is 1.67 bits per heavy atom. The summed E-state index contributed by atoms with van der Waals surface area (Å²) >= 11 is 0. The molecule has 0 saturated heterocycles. The highest BCUT2D eigenvalue weighted by molar-refractivity contribution is 5.82. The molecule has 0 radical (unpaired) electrons. The number of benzene rings is 2. The maximum absolute atomic E-state index is 12.0. The van der Waals surface area contributed by atoms with Gasteiger partial charge in [-0.05, 0) is 36.4 Å². The van der Waals surface area contributed by atoms with Gasteiger partial charge in [0.2, 0.25) is 0 Å². The van der Waals surface area contributed by atoms with Crippen molar-refractivity contribution in [3.8, 4) is 11.4 Å². The summed E-state index contributed by atoms with van der Waals surface area (Å²) in [4.78, 5) is 12.0. The third kappa shape index (κ3) is 1.66. The van der Waals surface area contributed by atoms with Gasteiger partial charge in [-0.3, -0.25) is 9.36 Å². The van der Waals surface area contributed by atoms with Gasteiger partial charge in [0.1, 0.15) is 5.75 Å². The number of hydrogen-bond acceptors (Lipinski definition) is 2. The Hall–Kier alpha value is -2.55. The molecule has 3 nitrogen and oxygen atoms in total. The van der Waals surface area contributed by atoms with Crippen LogP contribution in [0.1, 0.15) is 0 Å². The van der Waals surface area contributed by atoms with E-state index in [9.17, 15) is 9.90 Å². The summed E-state index contributed by atoms with van der Waals surface area (Å²) in [5, 5.41) is 10.3. The van der Waals surface area contributed by atoms with Gasteiger partial charge >= 0.3 is 0 Å². The highest BCUT2D eigenvalue weighted by Gasteiger charge is 2.05. The lowest BCUT2D eigenvalue weighted by atomic mass is 10.2. The van der Waals surface area contributed by atoms with Crippen LogP contribution in [0.2, 0.25) is 0 Å². The van der Waals surface area contributed by atoms with Gasteiger partial charge in [-0.15, -0.1) is 0 Å². The zero-order valence-electron chi connectivity index (χ0n) is 9.58. The van der Waals surface area contributed by atoms with Crippen molar-refractivity contribution < 1.29 is 5.11 Å². The van der Waals surface area contributed by atoms with Crippen LogP contribution in [0.3, 0.4) is 0 Å². The zero-order valence-corrected chi connectivity index (χ0v) is 9.58. The van der Waals surface area contributed by atoms with Crippen LogP contribution >= 0.6 is 0 Å². The van der Waals surface area contributed by atoms with Gasteiger partial charge < -0.3 is 5.11 Å². The van der Waals surface area contributed by atoms with Crippen LogP contribution in [0.4, 0.5) is 0 Å². The largest absolute Gasteiger partial charge is 0.508 e. The van der Waals surface area contributed by atoms with Crippen LogP contribution in [0.5, 0.6) is 5.75 Å². The van der Waals surface area contributed by atoms with Crippen LogP contribution in [-0.4, -0.2) is 9.67 Å². The molecule has 3 aromatic rings. The number of phenols is 1. The number of nitrogens with zero attached hydrogens (tertiary/aromatic N) is 1. The topological polar surface area (TPSA) is 42.2 Å². The van der Waals surface area contributed by atoms with E-state index >= 15 is 0 Å².